The molecule has 4 nitrogen and oxygen atoms in total. The lowest BCUT2D eigenvalue weighted by Gasteiger charge is -2.08. The van der Waals surface area contributed by atoms with Crippen molar-refractivity contribution in [3.05, 3.63) is 57.8 Å². The third-order valence-electron chi connectivity index (χ3n) is 3.95. The first-order valence-electron chi connectivity index (χ1n) is 7.52. The number of nitrogens with zero attached hydrogens (tertiary/aromatic N) is 1. The van der Waals surface area contributed by atoms with Crippen LogP contribution in [0, 0.1) is 25.5 Å². The van der Waals surface area contributed by atoms with Crippen LogP contribution in [0.1, 0.15) is 11.3 Å². The third kappa shape index (κ3) is 3.31. The van der Waals surface area contributed by atoms with E-state index in [1.165, 1.54) is 0 Å². The molecule has 3 aromatic rings. The number of aromatic nitrogens is 1. The monoisotopic (exact) mass is 441 g/mol. The fourth-order valence-corrected chi connectivity index (χ4v) is 3.83. The van der Waals surface area contributed by atoms with Crippen LogP contribution in [0.15, 0.2) is 44.2 Å². The molecule has 8 heteroatoms. The molecule has 0 bridgehead atoms. The van der Waals surface area contributed by atoms with Gasteiger partial charge in [-0.15, -0.1) is 0 Å². The van der Waals surface area contributed by atoms with Gasteiger partial charge >= 0.3 is 0 Å². The molecular formula is C18H14BrF2NO3S. The van der Waals surface area contributed by atoms with Crippen molar-refractivity contribution >= 4 is 25.8 Å². The highest BCUT2D eigenvalue weighted by molar-refractivity contribution is 9.10. The van der Waals surface area contributed by atoms with Crippen molar-refractivity contribution in [2.75, 3.05) is 6.26 Å². The van der Waals surface area contributed by atoms with Crippen LogP contribution in [0.4, 0.5) is 8.78 Å². The molecule has 0 spiro atoms. The highest BCUT2D eigenvalue weighted by Gasteiger charge is 2.24. The first-order valence-corrected chi connectivity index (χ1v) is 10.2. The Morgan fingerprint density at radius 3 is 2.19 bits per heavy atom. The quantitative estimate of drug-likeness (QED) is 0.569. The Hall–Kier alpha value is -2.06. The van der Waals surface area contributed by atoms with Crippen LogP contribution in [-0.2, 0) is 9.84 Å². The molecule has 3 rings (SSSR count). The van der Waals surface area contributed by atoms with Crippen LogP contribution < -0.4 is 0 Å². The molecule has 2 aromatic carbocycles. The second-order valence-electron chi connectivity index (χ2n) is 5.97. The number of benzene rings is 2. The van der Waals surface area contributed by atoms with Gasteiger partial charge in [0.05, 0.1) is 5.56 Å². The van der Waals surface area contributed by atoms with Gasteiger partial charge in [0, 0.05) is 16.3 Å². The molecule has 26 heavy (non-hydrogen) atoms. The fraction of sp³-hybridized carbons (Fsp3) is 0.167. The molecule has 0 N–H and O–H groups in total. The Labute approximate surface area is 157 Å². The van der Waals surface area contributed by atoms with Crippen LogP contribution in [0.25, 0.3) is 22.4 Å². The number of sulfone groups is 1. The van der Waals surface area contributed by atoms with E-state index in [2.05, 4.69) is 21.1 Å². The number of rotatable bonds is 3. The summed E-state index contributed by atoms with van der Waals surface area (Å²) >= 11 is 3.42. The summed E-state index contributed by atoms with van der Waals surface area (Å²) in [5, 5.41) is 4.01. The molecule has 0 fully saturated rings. The molecule has 0 aliphatic carbocycles. The van der Waals surface area contributed by atoms with Gasteiger partial charge in [0.15, 0.2) is 9.84 Å². The zero-order valence-electron chi connectivity index (χ0n) is 14.1. The van der Waals surface area contributed by atoms with E-state index in [4.69, 9.17) is 4.52 Å². The number of hydrogen-bond acceptors (Lipinski definition) is 4. The van der Waals surface area contributed by atoms with Crippen LogP contribution in [-0.4, -0.2) is 19.8 Å². The summed E-state index contributed by atoms with van der Waals surface area (Å²) in [5.74, 6) is -1.94. The second-order valence-corrected chi connectivity index (χ2v) is 8.77. The van der Waals surface area contributed by atoms with Crippen molar-refractivity contribution in [3.8, 4) is 22.4 Å². The lowest BCUT2D eigenvalue weighted by atomic mass is 9.98. The molecule has 1 heterocycles. The molecule has 0 saturated heterocycles. The predicted molar refractivity (Wildman–Crippen MR) is 97.6 cm³/mol. The second kappa shape index (κ2) is 6.59. The average molecular weight is 442 g/mol. The minimum absolute atomic E-state index is 0.154. The van der Waals surface area contributed by atoms with Gasteiger partial charge in [0.25, 0.3) is 0 Å². The lowest BCUT2D eigenvalue weighted by Crippen LogP contribution is -2.05. The molecule has 0 saturated carbocycles. The van der Waals surface area contributed by atoms with E-state index in [1.54, 1.807) is 13.0 Å². The van der Waals surface area contributed by atoms with Crippen molar-refractivity contribution < 1.29 is 21.7 Å². The molecule has 0 aliphatic rings. The maximum atomic E-state index is 14.3. The summed E-state index contributed by atoms with van der Waals surface area (Å²) in [6.07, 6.45) is 0.759. The van der Waals surface area contributed by atoms with Crippen molar-refractivity contribution in [2.24, 2.45) is 0 Å². The van der Waals surface area contributed by atoms with Crippen LogP contribution in [0.3, 0.4) is 0 Å². The maximum Gasteiger partial charge on any atom is 0.181 e. The zero-order valence-corrected chi connectivity index (χ0v) is 16.5. The van der Waals surface area contributed by atoms with Crippen LogP contribution in [0.5, 0.6) is 0 Å². The highest BCUT2D eigenvalue weighted by atomic mass is 79.9. The molecule has 0 atom stereocenters. The molecule has 0 radical (unpaired) electrons. The van der Waals surface area contributed by atoms with Gasteiger partial charge in [0.2, 0.25) is 0 Å². The van der Waals surface area contributed by atoms with Gasteiger partial charge in [0.1, 0.15) is 28.0 Å². The van der Waals surface area contributed by atoms with Gasteiger partial charge in [-0.1, -0.05) is 27.2 Å². The SMILES string of the molecule is Cc1cc(-c2noc(C)c2-c2cc(F)c(S(C)(=O)=O)c(F)c2)ccc1Br. The molecular weight excluding hydrogens is 428 g/mol. The van der Waals surface area contributed by atoms with Crippen LogP contribution in [0.2, 0.25) is 0 Å². The lowest BCUT2D eigenvalue weighted by molar-refractivity contribution is 0.400. The minimum atomic E-state index is -4.03. The zero-order chi connectivity index (χ0) is 19.2. The Morgan fingerprint density at radius 2 is 1.65 bits per heavy atom. The van der Waals surface area contributed by atoms with Crippen molar-refractivity contribution in [2.45, 2.75) is 18.7 Å². The van der Waals surface area contributed by atoms with Crippen molar-refractivity contribution in [3.63, 3.8) is 0 Å². The third-order valence-corrected chi connectivity index (χ3v) is 5.97. The first-order chi connectivity index (χ1) is 12.1. The van der Waals surface area contributed by atoms with E-state index in [9.17, 15) is 17.2 Å². The molecule has 136 valence electrons. The van der Waals surface area contributed by atoms with E-state index in [1.807, 2.05) is 19.1 Å². The average Bonchev–Trinajstić information content (AvgIpc) is 2.89. The van der Waals surface area contributed by atoms with Gasteiger partial charge in [-0.2, -0.15) is 0 Å². The van der Waals surface area contributed by atoms with Gasteiger partial charge in [-0.25, -0.2) is 17.2 Å². The van der Waals surface area contributed by atoms with Crippen molar-refractivity contribution in [1.29, 1.82) is 0 Å². The minimum Gasteiger partial charge on any atom is -0.360 e. The van der Waals surface area contributed by atoms with E-state index in [0.717, 1.165) is 28.4 Å². The summed E-state index contributed by atoms with van der Waals surface area (Å²) in [4.78, 5) is -0.948. The smallest absolute Gasteiger partial charge is 0.181 e. The van der Waals surface area contributed by atoms with Gasteiger partial charge < -0.3 is 4.52 Å². The van der Waals surface area contributed by atoms with Crippen LogP contribution >= 0.6 is 15.9 Å². The number of halogens is 3. The Balaban J connectivity index is 2.23. The Bertz CT molecular complexity index is 1100. The highest BCUT2D eigenvalue weighted by Crippen LogP contribution is 2.37. The van der Waals surface area contributed by atoms with E-state index >= 15 is 0 Å². The van der Waals surface area contributed by atoms with E-state index in [-0.39, 0.29) is 5.56 Å². The standard InChI is InChI=1S/C18H14BrF2NO3S/c1-9-6-11(4-5-13(9)19)17-16(10(2)25-22-17)12-7-14(20)18(15(21)8-12)26(3,23)24/h4-8H,1-3H3. The summed E-state index contributed by atoms with van der Waals surface area (Å²) < 4.78 is 57.9. The molecule has 0 amide bonds. The molecule has 0 unspecified atom stereocenters. The fourth-order valence-electron chi connectivity index (χ4n) is 2.76. The normalized spacial score (nSPS) is 11.8. The van der Waals surface area contributed by atoms with E-state index in [0.29, 0.717) is 22.6 Å². The Kier molecular flexibility index (Phi) is 4.74. The summed E-state index contributed by atoms with van der Waals surface area (Å²) in [6, 6.07) is 7.47. The largest absolute Gasteiger partial charge is 0.360 e. The Morgan fingerprint density at radius 1 is 1.04 bits per heavy atom. The number of aryl methyl sites for hydroxylation is 2. The van der Waals surface area contributed by atoms with Gasteiger partial charge in [-0.05, 0) is 49.2 Å². The predicted octanol–water partition coefficient (Wildman–Crippen LogP) is 5.07. The summed E-state index contributed by atoms with van der Waals surface area (Å²) in [7, 11) is -4.03. The number of hydrogen-bond donors (Lipinski definition) is 0. The van der Waals surface area contributed by atoms with Crippen molar-refractivity contribution in [1.82, 2.24) is 5.16 Å². The molecule has 1 aromatic heterocycles. The van der Waals surface area contributed by atoms with E-state index < -0.39 is 26.4 Å². The topological polar surface area (TPSA) is 60.2 Å². The molecule has 0 aliphatic heterocycles. The summed E-state index contributed by atoms with van der Waals surface area (Å²) in [6.45, 7) is 3.53. The summed E-state index contributed by atoms with van der Waals surface area (Å²) in [5.41, 5.74) is 2.65. The van der Waals surface area contributed by atoms with Gasteiger partial charge in [-0.3, -0.25) is 0 Å². The first kappa shape index (κ1) is 18.7. The maximum absolute atomic E-state index is 14.3.